The quantitative estimate of drug-likeness (QED) is 0.564. The highest BCUT2D eigenvalue weighted by atomic mass is 16.5. The van der Waals surface area contributed by atoms with Crippen LogP contribution in [-0.2, 0) is 23.9 Å². The molecule has 4 bridgehead atoms. The molecule has 0 aliphatic heterocycles. The van der Waals surface area contributed by atoms with Gasteiger partial charge in [-0.15, -0.1) is 0 Å². The first-order chi connectivity index (χ1) is 10.1. The van der Waals surface area contributed by atoms with Crippen LogP contribution in [0.1, 0.15) is 6.42 Å². The molecular formula is C16H16O5. The average Bonchev–Trinajstić information content (AvgIpc) is 2.89. The molecule has 0 radical (unpaired) electrons. The van der Waals surface area contributed by atoms with Gasteiger partial charge >= 0.3 is 11.9 Å². The highest BCUT2D eigenvalue weighted by Crippen LogP contribution is 2.47. The predicted octanol–water partition coefficient (Wildman–Crippen LogP) is 1.21. The maximum atomic E-state index is 12.7. The molecule has 110 valence electrons. The van der Waals surface area contributed by atoms with Gasteiger partial charge in [0.05, 0.1) is 31.3 Å². The molecule has 0 unspecified atom stereocenters. The summed E-state index contributed by atoms with van der Waals surface area (Å²) < 4.78 is 9.55. The van der Waals surface area contributed by atoms with Crippen LogP contribution in [0.25, 0.3) is 0 Å². The van der Waals surface area contributed by atoms with Crippen LogP contribution in [0.3, 0.4) is 0 Å². The number of carbonyl (C=O) groups excluding carboxylic acids is 3. The van der Waals surface area contributed by atoms with E-state index in [2.05, 4.69) is 0 Å². The summed E-state index contributed by atoms with van der Waals surface area (Å²) in [5, 5.41) is 0. The van der Waals surface area contributed by atoms with Crippen molar-refractivity contribution in [3.63, 3.8) is 0 Å². The molecule has 0 spiro atoms. The molecule has 5 heteroatoms. The van der Waals surface area contributed by atoms with Crippen molar-refractivity contribution in [1.29, 1.82) is 0 Å². The number of ketones is 1. The Morgan fingerprint density at radius 2 is 1.71 bits per heavy atom. The van der Waals surface area contributed by atoms with Crippen molar-refractivity contribution in [1.82, 2.24) is 0 Å². The number of methoxy groups -OCH3 is 2. The van der Waals surface area contributed by atoms with Crippen LogP contribution < -0.4 is 0 Å². The van der Waals surface area contributed by atoms with Crippen LogP contribution in [0.15, 0.2) is 35.5 Å². The van der Waals surface area contributed by atoms with Gasteiger partial charge in [-0.2, -0.15) is 0 Å². The molecule has 0 N–H and O–H groups in total. The van der Waals surface area contributed by atoms with E-state index in [0.29, 0.717) is 0 Å². The largest absolute Gasteiger partial charge is 0.466 e. The minimum absolute atomic E-state index is 0.0168. The first-order valence-corrected chi connectivity index (χ1v) is 6.89. The lowest BCUT2D eigenvalue weighted by Crippen LogP contribution is -2.38. The van der Waals surface area contributed by atoms with Crippen LogP contribution in [0, 0.1) is 23.7 Å². The van der Waals surface area contributed by atoms with Gasteiger partial charge in [0, 0.05) is 5.92 Å². The lowest BCUT2D eigenvalue weighted by Gasteiger charge is -2.32. The van der Waals surface area contributed by atoms with Gasteiger partial charge in [0.1, 0.15) is 5.78 Å². The molecule has 1 saturated carbocycles. The molecule has 21 heavy (non-hydrogen) atoms. The van der Waals surface area contributed by atoms with E-state index in [1.54, 1.807) is 6.08 Å². The Hall–Kier alpha value is -2.17. The third-order valence-corrected chi connectivity index (χ3v) is 4.56. The van der Waals surface area contributed by atoms with E-state index in [1.807, 2.05) is 12.2 Å². The van der Waals surface area contributed by atoms with Crippen LogP contribution in [-0.4, -0.2) is 31.9 Å². The van der Waals surface area contributed by atoms with Crippen molar-refractivity contribution < 1.29 is 23.9 Å². The first-order valence-electron chi connectivity index (χ1n) is 6.89. The summed E-state index contributed by atoms with van der Waals surface area (Å²) in [5.41, 5.74) is 0.259. The Morgan fingerprint density at radius 1 is 1.05 bits per heavy atom. The number of hydrogen-bond acceptors (Lipinski definition) is 5. The maximum absolute atomic E-state index is 12.7. The smallest absolute Gasteiger partial charge is 0.338 e. The number of carbonyl (C=O) groups is 3. The minimum Gasteiger partial charge on any atom is -0.466 e. The van der Waals surface area contributed by atoms with Gasteiger partial charge in [-0.1, -0.05) is 24.3 Å². The second-order valence-corrected chi connectivity index (χ2v) is 5.52. The summed E-state index contributed by atoms with van der Waals surface area (Å²) in [7, 11) is 2.50. The SMILES string of the molecule is COC(=O)C1=C(C(=O)OC)[C@H]2C(=O)[C@H](C=C1)[C@@H]1C=C[C@H]2C1. The summed E-state index contributed by atoms with van der Waals surface area (Å²) in [6.45, 7) is 0. The predicted molar refractivity (Wildman–Crippen MR) is 72.9 cm³/mol. The van der Waals surface area contributed by atoms with Crippen molar-refractivity contribution >= 4 is 17.7 Å². The summed E-state index contributed by atoms with van der Waals surface area (Å²) in [5.74, 6) is -2.08. The fourth-order valence-electron chi connectivity index (χ4n) is 3.59. The van der Waals surface area contributed by atoms with E-state index in [1.165, 1.54) is 20.3 Å². The Morgan fingerprint density at radius 3 is 2.38 bits per heavy atom. The molecule has 3 aliphatic carbocycles. The molecule has 0 amide bonds. The van der Waals surface area contributed by atoms with Crippen molar-refractivity contribution in [3.8, 4) is 0 Å². The van der Waals surface area contributed by atoms with E-state index in [4.69, 9.17) is 9.47 Å². The summed E-state index contributed by atoms with van der Waals surface area (Å²) >= 11 is 0. The van der Waals surface area contributed by atoms with Crippen LogP contribution in [0.5, 0.6) is 0 Å². The van der Waals surface area contributed by atoms with Gasteiger partial charge in [-0.3, -0.25) is 4.79 Å². The van der Waals surface area contributed by atoms with Gasteiger partial charge in [-0.05, 0) is 18.3 Å². The number of fused-ring (bicyclic) bond motifs is 6. The molecule has 1 fully saturated rings. The highest BCUT2D eigenvalue weighted by molar-refractivity contribution is 6.08. The van der Waals surface area contributed by atoms with E-state index >= 15 is 0 Å². The van der Waals surface area contributed by atoms with Crippen LogP contribution in [0.4, 0.5) is 0 Å². The van der Waals surface area contributed by atoms with Crippen LogP contribution in [0.2, 0.25) is 0 Å². The molecule has 0 aromatic rings. The molecule has 0 heterocycles. The van der Waals surface area contributed by atoms with Gasteiger partial charge < -0.3 is 9.47 Å². The number of ether oxygens (including phenoxy) is 2. The Bertz CT molecular complexity index is 610. The zero-order valence-electron chi connectivity index (χ0n) is 11.9. The molecule has 3 rings (SSSR count). The molecule has 4 atom stereocenters. The minimum atomic E-state index is -0.641. The van der Waals surface area contributed by atoms with Crippen molar-refractivity contribution in [3.05, 3.63) is 35.5 Å². The van der Waals surface area contributed by atoms with Gasteiger partial charge in [-0.25, -0.2) is 9.59 Å². The fraction of sp³-hybridized carbons (Fsp3) is 0.438. The highest BCUT2D eigenvalue weighted by Gasteiger charge is 2.49. The number of hydrogen-bond donors (Lipinski definition) is 0. The lowest BCUT2D eigenvalue weighted by molar-refractivity contribution is -0.141. The first kappa shape index (κ1) is 13.8. The van der Waals surface area contributed by atoms with E-state index in [-0.39, 0.29) is 34.7 Å². The normalized spacial score (nSPS) is 33.0. The molecule has 0 saturated heterocycles. The number of esters is 2. The van der Waals surface area contributed by atoms with E-state index < -0.39 is 17.9 Å². The van der Waals surface area contributed by atoms with Crippen LogP contribution >= 0.6 is 0 Å². The second kappa shape index (κ2) is 4.98. The Kier molecular flexibility index (Phi) is 3.27. The zero-order valence-corrected chi connectivity index (χ0v) is 11.9. The van der Waals surface area contributed by atoms with Gasteiger partial charge in [0.25, 0.3) is 0 Å². The molecule has 0 aromatic carbocycles. The summed E-state index contributed by atoms with van der Waals surface area (Å²) in [6.07, 6.45) is 8.09. The van der Waals surface area contributed by atoms with Crippen molar-refractivity contribution in [2.24, 2.45) is 23.7 Å². The Labute approximate surface area is 122 Å². The molecule has 5 nitrogen and oxygen atoms in total. The number of Topliss-reactive ketones (excluding diaryl/α,β-unsaturated/α-hetero) is 1. The van der Waals surface area contributed by atoms with Crippen molar-refractivity contribution in [2.45, 2.75) is 6.42 Å². The number of allylic oxidation sites excluding steroid dienone is 3. The zero-order chi connectivity index (χ0) is 15.1. The lowest BCUT2D eigenvalue weighted by atomic mass is 9.69. The third kappa shape index (κ3) is 1.95. The standard InChI is InChI=1S/C16H16O5/c1-20-15(18)11-6-5-10-8-3-4-9(7-8)12(14(10)17)13(11)16(19)21-2/h3-6,8-10,12H,7H2,1-2H3/t8-,9+,10-,12+/m1/s1. The monoisotopic (exact) mass is 288 g/mol. The summed E-state index contributed by atoms with van der Waals surface area (Å²) in [6, 6.07) is 0. The maximum Gasteiger partial charge on any atom is 0.338 e. The van der Waals surface area contributed by atoms with Gasteiger partial charge in [0.2, 0.25) is 0 Å². The summed E-state index contributed by atoms with van der Waals surface area (Å²) in [4.78, 5) is 36.8. The third-order valence-electron chi connectivity index (χ3n) is 4.56. The molecule has 3 aliphatic rings. The Balaban J connectivity index is 2.19. The molecular weight excluding hydrogens is 272 g/mol. The van der Waals surface area contributed by atoms with E-state index in [9.17, 15) is 14.4 Å². The van der Waals surface area contributed by atoms with Gasteiger partial charge in [0.15, 0.2) is 0 Å². The van der Waals surface area contributed by atoms with Crippen molar-refractivity contribution in [2.75, 3.05) is 14.2 Å². The fourth-order valence-corrected chi connectivity index (χ4v) is 3.59. The average molecular weight is 288 g/mol. The number of rotatable bonds is 2. The topological polar surface area (TPSA) is 69.7 Å². The molecule has 0 aromatic heterocycles. The van der Waals surface area contributed by atoms with E-state index in [0.717, 1.165) is 6.42 Å². The second-order valence-electron chi connectivity index (χ2n) is 5.52.